The van der Waals surface area contributed by atoms with Crippen LogP contribution in [0.3, 0.4) is 0 Å². The molecule has 9 heteroatoms. The minimum Gasteiger partial charge on any atom is -0.378 e. The zero-order valence-electron chi connectivity index (χ0n) is 14.5. The van der Waals surface area contributed by atoms with Crippen molar-refractivity contribution in [3.8, 4) is 0 Å². The second kappa shape index (κ2) is 8.90. The summed E-state index contributed by atoms with van der Waals surface area (Å²) in [5, 5.41) is 3.78. The van der Waals surface area contributed by atoms with Crippen LogP contribution in [0.4, 0.5) is 10.5 Å². The van der Waals surface area contributed by atoms with Gasteiger partial charge in [-0.25, -0.2) is 4.79 Å². The summed E-state index contributed by atoms with van der Waals surface area (Å²) < 4.78 is 5.28. The van der Waals surface area contributed by atoms with Crippen molar-refractivity contribution < 1.29 is 19.2 Å². The summed E-state index contributed by atoms with van der Waals surface area (Å²) in [6, 6.07) is 5.04. The lowest BCUT2D eigenvalue weighted by Crippen LogP contribution is -3.15. The van der Waals surface area contributed by atoms with Crippen LogP contribution in [-0.2, 0) is 9.53 Å². The first kappa shape index (κ1) is 19.2. The van der Waals surface area contributed by atoms with E-state index >= 15 is 0 Å². The summed E-state index contributed by atoms with van der Waals surface area (Å²) >= 11 is 12.0. The molecule has 1 aromatic carbocycles. The van der Waals surface area contributed by atoms with Crippen molar-refractivity contribution in [2.45, 2.75) is 0 Å². The number of benzene rings is 1. The predicted molar refractivity (Wildman–Crippen MR) is 100 cm³/mol. The average molecular weight is 402 g/mol. The number of amides is 3. The first-order chi connectivity index (χ1) is 12.5. The number of anilines is 1. The van der Waals surface area contributed by atoms with Crippen LogP contribution in [-0.4, -0.2) is 80.8 Å². The van der Waals surface area contributed by atoms with Gasteiger partial charge in [-0.2, -0.15) is 0 Å². The van der Waals surface area contributed by atoms with Gasteiger partial charge >= 0.3 is 6.03 Å². The van der Waals surface area contributed by atoms with Gasteiger partial charge in [-0.1, -0.05) is 23.2 Å². The van der Waals surface area contributed by atoms with E-state index in [0.717, 1.165) is 18.0 Å². The van der Waals surface area contributed by atoms with Crippen molar-refractivity contribution in [2.75, 3.05) is 64.3 Å². The Morgan fingerprint density at radius 2 is 1.73 bits per heavy atom. The van der Waals surface area contributed by atoms with Crippen molar-refractivity contribution in [1.29, 1.82) is 0 Å². The number of hydrogen-bond acceptors (Lipinski definition) is 3. The molecule has 2 saturated heterocycles. The number of urea groups is 1. The van der Waals surface area contributed by atoms with Gasteiger partial charge in [0.05, 0.1) is 50.1 Å². The Kier molecular flexibility index (Phi) is 6.58. The fraction of sp³-hybridized carbons (Fsp3) is 0.529. The Balaban J connectivity index is 1.45. The fourth-order valence-electron chi connectivity index (χ4n) is 3.16. The second-order valence-electron chi connectivity index (χ2n) is 6.47. The zero-order chi connectivity index (χ0) is 18.5. The largest absolute Gasteiger partial charge is 0.378 e. The van der Waals surface area contributed by atoms with Gasteiger partial charge in [-0.05, 0) is 18.2 Å². The minimum atomic E-state index is -0.114. The van der Waals surface area contributed by atoms with Crippen LogP contribution in [0.2, 0.25) is 10.0 Å². The van der Waals surface area contributed by atoms with E-state index in [-0.39, 0.29) is 11.9 Å². The second-order valence-corrected chi connectivity index (χ2v) is 7.31. The molecule has 0 unspecified atom stereocenters. The van der Waals surface area contributed by atoms with E-state index in [1.807, 2.05) is 9.80 Å². The van der Waals surface area contributed by atoms with E-state index in [2.05, 4.69) is 5.32 Å². The van der Waals surface area contributed by atoms with E-state index in [0.29, 0.717) is 61.7 Å². The Bertz CT molecular complexity index is 659. The van der Waals surface area contributed by atoms with Gasteiger partial charge in [0.15, 0.2) is 6.54 Å². The van der Waals surface area contributed by atoms with E-state index in [1.54, 1.807) is 18.2 Å². The number of quaternary nitrogens is 1. The number of carbonyl (C=O) groups is 2. The molecule has 2 aliphatic heterocycles. The Morgan fingerprint density at radius 1 is 1.08 bits per heavy atom. The minimum absolute atomic E-state index is 0.0718. The first-order valence-electron chi connectivity index (χ1n) is 8.73. The monoisotopic (exact) mass is 401 g/mol. The number of nitrogens with one attached hydrogen (secondary N) is 2. The van der Waals surface area contributed by atoms with Gasteiger partial charge in [-0.3, -0.25) is 4.79 Å². The summed E-state index contributed by atoms with van der Waals surface area (Å²) in [5.41, 5.74) is 0.518. The van der Waals surface area contributed by atoms with Crippen LogP contribution in [0.25, 0.3) is 0 Å². The Labute approximate surface area is 162 Å². The lowest BCUT2D eigenvalue weighted by atomic mass is 10.3. The van der Waals surface area contributed by atoms with Crippen LogP contribution < -0.4 is 10.2 Å². The summed E-state index contributed by atoms with van der Waals surface area (Å²) in [6.45, 7) is 5.62. The molecule has 0 saturated carbocycles. The molecule has 3 rings (SSSR count). The number of morpholine rings is 1. The number of carbonyl (C=O) groups excluding carboxylic acids is 2. The highest BCUT2D eigenvalue weighted by molar-refractivity contribution is 6.35. The summed E-state index contributed by atoms with van der Waals surface area (Å²) in [7, 11) is 0. The molecule has 0 aromatic heterocycles. The molecule has 0 radical (unpaired) electrons. The van der Waals surface area contributed by atoms with Gasteiger partial charge in [-0.15, -0.1) is 0 Å². The van der Waals surface area contributed by atoms with Crippen LogP contribution in [0.5, 0.6) is 0 Å². The fourth-order valence-corrected chi connectivity index (χ4v) is 3.50. The topological polar surface area (TPSA) is 66.3 Å². The highest BCUT2D eigenvalue weighted by Crippen LogP contribution is 2.25. The number of rotatable bonds is 3. The number of ether oxygens (including phenoxy) is 1. The number of piperazine rings is 1. The van der Waals surface area contributed by atoms with Gasteiger partial charge in [0.1, 0.15) is 0 Å². The quantitative estimate of drug-likeness (QED) is 0.778. The Morgan fingerprint density at radius 3 is 2.42 bits per heavy atom. The highest BCUT2D eigenvalue weighted by Gasteiger charge is 2.29. The molecule has 2 aliphatic rings. The zero-order valence-corrected chi connectivity index (χ0v) is 16.0. The van der Waals surface area contributed by atoms with Gasteiger partial charge < -0.3 is 24.8 Å². The summed E-state index contributed by atoms with van der Waals surface area (Å²) in [4.78, 5) is 29.6. The van der Waals surface area contributed by atoms with E-state index in [1.165, 1.54) is 0 Å². The van der Waals surface area contributed by atoms with Crippen LogP contribution >= 0.6 is 23.2 Å². The van der Waals surface area contributed by atoms with Gasteiger partial charge in [0, 0.05) is 18.1 Å². The van der Waals surface area contributed by atoms with Crippen molar-refractivity contribution in [3.63, 3.8) is 0 Å². The normalized spacial score (nSPS) is 18.7. The number of nitrogens with zero attached hydrogens (tertiary/aromatic N) is 2. The van der Waals surface area contributed by atoms with Crippen molar-refractivity contribution in [2.24, 2.45) is 0 Å². The van der Waals surface area contributed by atoms with Crippen LogP contribution in [0, 0.1) is 0 Å². The maximum Gasteiger partial charge on any atom is 0.320 e. The number of hydrogen-bond donors (Lipinski definition) is 2. The maximum absolute atomic E-state index is 12.5. The summed E-state index contributed by atoms with van der Waals surface area (Å²) in [6.07, 6.45) is 0. The first-order valence-corrected chi connectivity index (χ1v) is 9.48. The lowest BCUT2D eigenvalue weighted by Gasteiger charge is -2.36. The third-order valence-electron chi connectivity index (χ3n) is 4.64. The Hall–Kier alpha value is -1.54. The third-order valence-corrected chi connectivity index (χ3v) is 5.20. The molecule has 0 bridgehead atoms. The molecule has 7 nitrogen and oxygen atoms in total. The van der Waals surface area contributed by atoms with Gasteiger partial charge in [0.2, 0.25) is 0 Å². The molecular formula is C17H23Cl2N4O3+. The standard InChI is InChI=1S/C17H22Cl2N4O3/c18-13-1-2-14(19)15(11-13)20-16(24)12-21-3-5-22(6-4-21)17(25)23-7-9-26-10-8-23/h1-2,11H,3-10,12H2,(H,20,24)/p+1. The molecule has 26 heavy (non-hydrogen) atoms. The van der Waals surface area contributed by atoms with E-state index in [9.17, 15) is 9.59 Å². The molecule has 142 valence electrons. The molecule has 3 amide bonds. The van der Waals surface area contributed by atoms with Gasteiger partial charge in [0.25, 0.3) is 5.91 Å². The van der Waals surface area contributed by atoms with Crippen molar-refractivity contribution in [3.05, 3.63) is 28.2 Å². The SMILES string of the molecule is O=C(C[NH+]1CCN(C(=O)N2CCOCC2)CC1)Nc1cc(Cl)ccc1Cl. The van der Waals surface area contributed by atoms with Crippen LogP contribution in [0.15, 0.2) is 18.2 Å². The highest BCUT2D eigenvalue weighted by atomic mass is 35.5. The number of halogens is 2. The smallest absolute Gasteiger partial charge is 0.320 e. The molecule has 0 aliphatic carbocycles. The van der Waals surface area contributed by atoms with Crippen molar-refractivity contribution >= 4 is 40.8 Å². The molecule has 2 fully saturated rings. The van der Waals surface area contributed by atoms with E-state index in [4.69, 9.17) is 27.9 Å². The molecular weight excluding hydrogens is 379 g/mol. The van der Waals surface area contributed by atoms with Crippen molar-refractivity contribution in [1.82, 2.24) is 9.80 Å². The molecule has 2 N–H and O–H groups in total. The summed E-state index contributed by atoms with van der Waals surface area (Å²) in [5.74, 6) is -0.114. The molecule has 2 heterocycles. The molecule has 0 spiro atoms. The molecule has 0 atom stereocenters. The molecule has 1 aromatic rings. The maximum atomic E-state index is 12.5. The van der Waals surface area contributed by atoms with Crippen LogP contribution in [0.1, 0.15) is 0 Å². The predicted octanol–water partition coefficient (Wildman–Crippen LogP) is 0.585. The van der Waals surface area contributed by atoms with E-state index < -0.39 is 0 Å². The third kappa shape index (κ3) is 5.01. The average Bonchev–Trinajstić information content (AvgIpc) is 2.65. The lowest BCUT2D eigenvalue weighted by molar-refractivity contribution is -0.895.